The van der Waals surface area contributed by atoms with Crippen LogP contribution in [0.4, 0.5) is 5.00 Å². The number of amides is 1. The van der Waals surface area contributed by atoms with Crippen LogP contribution in [-0.4, -0.2) is 5.91 Å². The molecule has 0 fully saturated rings. The average Bonchev–Trinajstić information content (AvgIpc) is 2.66. The first-order valence-corrected chi connectivity index (χ1v) is 8.05. The minimum atomic E-state index is -0.0396. The molecule has 0 unspecified atom stereocenters. The average molecular weight is 301 g/mol. The lowest BCUT2D eigenvalue weighted by atomic mass is 9.90. The van der Waals surface area contributed by atoms with Gasteiger partial charge in [0, 0.05) is 10.4 Å². The molecule has 2 nitrogen and oxygen atoms in total. The Bertz CT molecular complexity index is 635. The molecule has 2 rings (SSSR count). The second kappa shape index (κ2) is 6.02. The Kier molecular flexibility index (Phi) is 4.52. The van der Waals surface area contributed by atoms with Gasteiger partial charge in [0.05, 0.1) is 5.00 Å². The van der Waals surface area contributed by atoms with Gasteiger partial charge in [-0.15, -0.1) is 11.3 Å². The van der Waals surface area contributed by atoms with Gasteiger partial charge in [-0.3, -0.25) is 4.79 Å². The molecule has 0 radical (unpaired) electrons. The predicted octanol–water partition coefficient (Wildman–Crippen LogP) is 5.21. The highest BCUT2D eigenvalue weighted by molar-refractivity contribution is 7.16. The lowest BCUT2D eigenvalue weighted by Crippen LogP contribution is -2.11. The molecule has 112 valence electrons. The van der Waals surface area contributed by atoms with E-state index in [2.05, 4.69) is 39.9 Å². The summed E-state index contributed by atoms with van der Waals surface area (Å²) in [5.74, 6) is -0.0396. The topological polar surface area (TPSA) is 29.1 Å². The zero-order valence-electron chi connectivity index (χ0n) is 13.4. The number of thiophene rings is 1. The Hall–Kier alpha value is -1.61. The molecule has 0 aliphatic carbocycles. The van der Waals surface area contributed by atoms with E-state index in [-0.39, 0.29) is 11.3 Å². The summed E-state index contributed by atoms with van der Waals surface area (Å²) in [5, 5.41) is 4.03. The van der Waals surface area contributed by atoms with Crippen molar-refractivity contribution in [3.8, 4) is 0 Å². The monoisotopic (exact) mass is 301 g/mol. The molecular formula is C18H23NOS. The number of hydrogen-bond acceptors (Lipinski definition) is 2. The lowest BCUT2D eigenvalue weighted by molar-refractivity contribution is 0.102. The molecule has 3 heteroatoms. The number of carbonyl (C=O) groups excluding carboxylic acids is 1. The SMILES string of the molecule is Cc1c(CC(C)(C)C)sc(NC(=O)c2ccccc2)c1C. The Balaban J connectivity index is 2.22. The summed E-state index contributed by atoms with van der Waals surface area (Å²) in [4.78, 5) is 13.6. The van der Waals surface area contributed by atoms with Gasteiger partial charge in [-0.25, -0.2) is 0 Å². The second-order valence-corrected chi connectivity index (χ2v) is 7.77. The van der Waals surface area contributed by atoms with E-state index >= 15 is 0 Å². The standard InChI is InChI=1S/C18H23NOS/c1-12-13(2)17(21-15(12)11-18(3,4)5)19-16(20)14-9-7-6-8-10-14/h6-10H,11H2,1-5H3,(H,19,20). The third-order valence-electron chi connectivity index (χ3n) is 3.50. The zero-order valence-corrected chi connectivity index (χ0v) is 14.2. The van der Waals surface area contributed by atoms with Crippen LogP contribution < -0.4 is 5.32 Å². The molecule has 0 atom stereocenters. The van der Waals surface area contributed by atoms with Crippen LogP contribution in [0.2, 0.25) is 0 Å². The van der Waals surface area contributed by atoms with E-state index < -0.39 is 0 Å². The Morgan fingerprint density at radius 2 is 1.71 bits per heavy atom. The molecule has 0 spiro atoms. The minimum absolute atomic E-state index is 0.0396. The van der Waals surface area contributed by atoms with Crippen LogP contribution in [0.15, 0.2) is 30.3 Å². The van der Waals surface area contributed by atoms with Crippen molar-refractivity contribution in [1.82, 2.24) is 0 Å². The van der Waals surface area contributed by atoms with Crippen molar-refractivity contribution in [1.29, 1.82) is 0 Å². The highest BCUT2D eigenvalue weighted by Crippen LogP contribution is 2.36. The molecule has 1 aromatic carbocycles. The number of benzene rings is 1. The summed E-state index contributed by atoms with van der Waals surface area (Å²) in [7, 11) is 0. The maximum Gasteiger partial charge on any atom is 0.256 e. The van der Waals surface area contributed by atoms with Crippen LogP contribution in [0.1, 0.15) is 47.1 Å². The number of nitrogens with one attached hydrogen (secondary N) is 1. The van der Waals surface area contributed by atoms with Gasteiger partial charge >= 0.3 is 0 Å². The maximum absolute atomic E-state index is 12.3. The van der Waals surface area contributed by atoms with E-state index in [0.29, 0.717) is 5.56 Å². The first kappa shape index (κ1) is 15.8. The predicted molar refractivity (Wildman–Crippen MR) is 91.3 cm³/mol. The highest BCUT2D eigenvalue weighted by Gasteiger charge is 2.19. The molecule has 0 aliphatic heterocycles. The fraction of sp³-hybridized carbons (Fsp3) is 0.389. The summed E-state index contributed by atoms with van der Waals surface area (Å²) in [6.45, 7) is 10.9. The zero-order chi connectivity index (χ0) is 15.6. The van der Waals surface area contributed by atoms with Crippen LogP contribution in [0.5, 0.6) is 0 Å². The normalized spacial score (nSPS) is 11.5. The van der Waals surface area contributed by atoms with Crippen molar-refractivity contribution < 1.29 is 4.79 Å². The number of hydrogen-bond donors (Lipinski definition) is 1. The van der Waals surface area contributed by atoms with Gasteiger partial charge in [0.2, 0.25) is 0 Å². The van der Waals surface area contributed by atoms with Gasteiger partial charge in [0.25, 0.3) is 5.91 Å². The quantitative estimate of drug-likeness (QED) is 0.829. The Morgan fingerprint density at radius 3 is 2.29 bits per heavy atom. The molecule has 1 N–H and O–H groups in total. The van der Waals surface area contributed by atoms with Gasteiger partial charge in [-0.1, -0.05) is 39.0 Å². The summed E-state index contributed by atoms with van der Waals surface area (Å²) < 4.78 is 0. The molecule has 2 aromatic rings. The molecular weight excluding hydrogens is 278 g/mol. The van der Waals surface area contributed by atoms with Crippen molar-refractivity contribution in [2.24, 2.45) is 5.41 Å². The van der Waals surface area contributed by atoms with E-state index in [1.54, 1.807) is 11.3 Å². The largest absolute Gasteiger partial charge is 0.313 e. The van der Waals surface area contributed by atoms with Crippen LogP contribution in [0, 0.1) is 19.3 Å². The third-order valence-corrected chi connectivity index (χ3v) is 4.81. The van der Waals surface area contributed by atoms with Gasteiger partial charge in [-0.05, 0) is 48.9 Å². The van der Waals surface area contributed by atoms with Crippen molar-refractivity contribution in [2.45, 2.75) is 41.0 Å². The van der Waals surface area contributed by atoms with Crippen molar-refractivity contribution >= 4 is 22.2 Å². The first-order chi connectivity index (χ1) is 9.78. The van der Waals surface area contributed by atoms with Crippen LogP contribution in [-0.2, 0) is 6.42 Å². The van der Waals surface area contributed by atoms with E-state index in [1.807, 2.05) is 30.3 Å². The summed E-state index contributed by atoms with van der Waals surface area (Å²) >= 11 is 1.70. The van der Waals surface area contributed by atoms with Gasteiger partial charge in [0.15, 0.2) is 0 Å². The van der Waals surface area contributed by atoms with Crippen molar-refractivity contribution in [3.63, 3.8) is 0 Å². The number of carbonyl (C=O) groups is 1. The van der Waals surface area contributed by atoms with Crippen molar-refractivity contribution in [3.05, 3.63) is 51.9 Å². The van der Waals surface area contributed by atoms with E-state index in [9.17, 15) is 4.79 Å². The Labute approximate surface area is 131 Å². The molecule has 1 aromatic heterocycles. The number of rotatable bonds is 3. The Morgan fingerprint density at radius 1 is 1.10 bits per heavy atom. The fourth-order valence-electron chi connectivity index (χ4n) is 2.19. The molecule has 21 heavy (non-hydrogen) atoms. The summed E-state index contributed by atoms with van der Waals surface area (Å²) in [6, 6.07) is 9.35. The fourth-order valence-corrected chi connectivity index (χ4v) is 3.70. The van der Waals surface area contributed by atoms with E-state index in [0.717, 1.165) is 11.4 Å². The molecule has 0 saturated heterocycles. The molecule has 0 saturated carbocycles. The summed E-state index contributed by atoms with van der Waals surface area (Å²) in [6.07, 6.45) is 1.03. The van der Waals surface area contributed by atoms with Crippen molar-refractivity contribution in [2.75, 3.05) is 5.32 Å². The third kappa shape index (κ3) is 3.94. The smallest absolute Gasteiger partial charge is 0.256 e. The molecule has 1 heterocycles. The number of anilines is 1. The van der Waals surface area contributed by atoms with Crippen LogP contribution in [0.25, 0.3) is 0 Å². The lowest BCUT2D eigenvalue weighted by Gasteiger charge is -2.17. The van der Waals surface area contributed by atoms with Gasteiger partial charge in [0.1, 0.15) is 0 Å². The highest BCUT2D eigenvalue weighted by atomic mass is 32.1. The van der Waals surface area contributed by atoms with E-state index in [1.165, 1.54) is 16.0 Å². The second-order valence-electron chi connectivity index (χ2n) is 6.66. The molecule has 0 aliphatic rings. The first-order valence-electron chi connectivity index (χ1n) is 7.23. The minimum Gasteiger partial charge on any atom is -0.313 e. The van der Waals surface area contributed by atoms with E-state index in [4.69, 9.17) is 0 Å². The van der Waals surface area contributed by atoms with Gasteiger partial charge in [-0.2, -0.15) is 0 Å². The van der Waals surface area contributed by atoms with Crippen LogP contribution in [0.3, 0.4) is 0 Å². The van der Waals surface area contributed by atoms with Crippen LogP contribution >= 0.6 is 11.3 Å². The van der Waals surface area contributed by atoms with Gasteiger partial charge < -0.3 is 5.32 Å². The molecule has 0 bridgehead atoms. The maximum atomic E-state index is 12.3. The summed E-state index contributed by atoms with van der Waals surface area (Å²) in [5.41, 5.74) is 3.44. The molecule has 1 amide bonds.